The lowest BCUT2D eigenvalue weighted by Gasteiger charge is -2.27. The van der Waals surface area contributed by atoms with Crippen LogP contribution in [0.15, 0.2) is 24.3 Å². The Morgan fingerprint density at radius 2 is 2.06 bits per heavy atom. The zero-order chi connectivity index (χ0) is 12.3. The number of aryl methyl sites for hydroxylation is 1. The number of hydrogen-bond donors (Lipinski definition) is 1. The zero-order valence-electron chi connectivity index (χ0n) is 10.2. The van der Waals surface area contributed by atoms with Gasteiger partial charge in [-0.3, -0.25) is 4.79 Å². The molecule has 1 aromatic carbocycles. The zero-order valence-corrected chi connectivity index (χ0v) is 10.2. The van der Waals surface area contributed by atoms with Crippen molar-refractivity contribution in [3.63, 3.8) is 0 Å². The highest BCUT2D eigenvalue weighted by Crippen LogP contribution is 2.34. The first-order valence-corrected chi connectivity index (χ1v) is 5.22. The average molecular weight is 222 g/mol. The fourth-order valence-electron chi connectivity index (χ4n) is 1.63. The minimum Gasteiger partial charge on any atom is -0.469 e. The second-order valence-corrected chi connectivity index (χ2v) is 4.53. The van der Waals surface area contributed by atoms with E-state index in [0.717, 1.165) is 11.1 Å². The molecule has 0 radical (unpaired) electrons. The van der Waals surface area contributed by atoms with Crippen LogP contribution >= 0.6 is 0 Å². The molecule has 1 aromatic rings. The van der Waals surface area contributed by atoms with E-state index in [9.17, 15) is 9.90 Å². The van der Waals surface area contributed by atoms with Gasteiger partial charge in [-0.2, -0.15) is 0 Å². The summed E-state index contributed by atoms with van der Waals surface area (Å²) in [7, 11) is 1.33. The van der Waals surface area contributed by atoms with Crippen molar-refractivity contribution in [1.82, 2.24) is 0 Å². The SMILES string of the molecule is COC(=O)C(C)(C)C(O)c1cccc(C)c1. The normalized spacial score (nSPS) is 13.3. The summed E-state index contributed by atoms with van der Waals surface area (Å²) in [5.74, 6) is -0.415. The molecule has 88 valence electrons. The van der Waals surface area contributed by atoms with Gasteiger partial charge in [0.1, 0.15) is 0 Å². The number of rotatable bonds is 3. The Hall–Kier alpha value is -1.35. The lowest BCUT2D eigenvalue weighted by atomic mass is 9.82. The lowest BCUT2D eigenvalue weighted by Crippen LogP contribution is -2.32. The largest absolute Gasteiger partial charge is 0.469 e. The van der Waals surface area contributed by atoms with Gasteiger partial charge in [-0.1, -0.05) is 29.8 Å². The lowest BCUT2D eigenvalue weighted by molar-refractivity contribution is -0.157. The molecule has 1 N–H and O–H groups in total. The number of aliphatic hydroxyl groups excluding tert-OH is 1. The van der Waals surface area contributed by atoms with Gasteiger partial charge in [0.05, 0.1) is 18.6 Å². The van der Waals surface area contributed by atoms with Gasteiger partial charge in [0.15, 0.2) is 0 Å². The standard InChI is InChI=1S/C13H18O3/c1-9-6-5-7-10(8-9)11(14)13(2,3)12(15)16-4/h5-8,11,14H,1-4H3. The molecule has 1 rings (SSSR count). The van der Waals surface area contributed by atoms with Gasteiger partial charge >= 0.3 is 5.97 Å². The first kappa shape index (κ1) is 12.7. The van der Waals surface area contributed by atoms with E-state index in [1.54, 1.807) is 13.8 Å². The predicted molar refractivity (Wildman–Crippen MR) is 61.9 cm³/mol. The Labute approximate surface area is 96.1 Å². The third-order valence-corrected chi connectivity index (χ3v) is 2.75. The van der Waals surface area contributed by atoms with Crippen molar-refractivity contribution < 1.29 is 14.6 Å². The summed E-state index contributed by atoms with van der Waals surface area (Å²) in [6.07, 6.45) is -0.861. The Morgan fingerprint density at radius 1 is 1.44 bits per heavy atom. The molecule has 0 fully saturated rings. The first-order chi connectivity index (χ1) is 7.39. The van der Waals surface area contributed by atoms with Gasteiger partial charge in [0.25, 0.3) is 0 Å². The van der Waals surface area contributed by atoms with Crippen molar-refractivity contribution in [3.05, 3.63) is 35.4 Å². The van der Waals surface area contributed by atoms with Crippen LogP contribution in [0.3, 0.4) is 0 Å². The monoisotopic (exact) mass is 222 g/mol. The molecule has 0 heterocycles. The molecular formula is C13H18O3. The van der Waals surface area contributed by atoms with Crippen LogP contribution < -0.4 is 0 Å². The Balaban J connectivity index is 3.01. The molecule has 1 atom stereocenters. The molecule has 16 heavy (non-hydrogen) atoms. The molecule has 0 spiro atoms. The second-order valence-electron chi connectivity index (χ2n) is 4.53. The van der Waals surface area contributed by atoms with Gasteiger partial charge in [-0.05, 0) is 26.3 Å². The fourth-order valence-corrected chi connectivity index (χ4v) is 1.63. The van der Waals surface area contributed by atoms with Crippen LogP contribution in [-0.4, -0.2) is 18.2 Å². The van der Waals surface area contributed by atoms with Crippen LogP contribution in [0.5, 0.6) is 0 Å². The second kappa shape index (κ2) is 4.66. The number of ether oxygens (including phenoxy) is 1. The van der Waals surface area contributed by atoms with Crippen molar-refractivity contribution in [2.75, 3.05) is 7.11 Å². The van der Waals surface area contributed by atoms with Crippen LogP contribution in [0.2, 0.25) is 0 Å². The Bertz CT molecular complexity index is 383. The maximum absolute atomic E-state index is 11.6. The maximum Gasteiger partial charge on any atom is 0.314 e. The van der Waals surface area contributed by atoms with Crippen molar-refractivity contribution in [2.45, 2.75) is 26.9 Å². The van der Waals surface area contributed by atoms with Gasteiger partial charge in [-0.25, -0.2) is 0 Å². The number of carbonyl (C=O) groups is 1. The number of esters is 1. The van der Waals surface area contributed by atoms with Gasteiger partial charge in [0, 0.05) is 0 Å². The van der Waals surface area contributed by atoms with Crippen LogP contribution in [-0.2, 0) is 9.53 Å². The molecule has 0 saturated carbocycles. The highest BCUT2D eigenvalue weighted by Gasteiger charge is 2.37. The molecule has 0 amide bonds. The summed E-state index contributed by atoms with van der Waals surface area (Å²) < 4.78 is 4.69. The summed E-state index contributed by atoms with van der Waals surface area (Å²) >= 11 is 0. The minimum absolute atomic E-state index is 0.415. The maximum atomic E-state index is 11.6. The van der Waals surface area contributed by atoms with Crippen molar-refractivity contribution in [2.24, 2.45) is 5.41 Å². The molecule has 3 nitrogen and oxygen atoms in total. The number of carbonyl (C=O) groups excluding carboxylic acids is 1. The predicted octanol–water partition coefficient (Wildman–Crippen LogP) is 2.23. The van der Waals surface area contributed by atoms with E-state index in [2.05, 4.69) is 4.74 Å². The number of benzene rings is 1. The molecule has 0 aliphatic heterocycles. The molecule has 0 aliphatic rings. The van der Waals surface area contributed by atoms with Crippen LogP contribution in [0.4, 0.5) is 0 Å². The third kappa shape index (κ3) is 2.42. The smallest absolute Gasteiger partial charge is 0.314 e. The van der Waals surface area contributed by atoms with E-state index in [4.69, 9.17) is 0 Å². The minimum atomic E-state index is -0.942. The van der Waals surface area contributed by atoms with Crippen molar-refractivity contribution in [1.29, 1.82) is 0 Å². The number of methoxy groups -OCH3 is 1. The Kier molecular flexibility index (Phi) is 3.70. The van der Waals surface area contributed by atoms with E-state index in [1.165, 1.54) is 7.11 Å². The summed E-state index contributed by atoms with van der Waals surface area (Å²) in [5.41, 5.74) is 0.843. The van der Waals surface area contributed by atoms with E-state index in [-0.39, 0.29) is 0 Å². The van der Waals surface area contributed by atoms with Gasteiger partial charge in [-0.15, -0.1) is 0 Å². The van der Waals surface area contributed by atoms with E-state index in [0.29, 0.717) is 0 Å². The van der Waals surface area contributed by atoms with E-state index in [1.807, 2.05) is 31.2 Å². The highest BCUT2D eigenvalue weighted by atomic mass is 16.5. The molecule has 3 heteroatoms. The van der Waals surface area contributed by atoms with E-state index >= 15 is 0 Å². The van der Waals surface area contributed by atoms with Crippen molar-refractivity contribution >= 4 is 5.97 Å². The number of hydrogen-bond acceptors (Lipinski definition) is 3. The molecule has 0 aliphatic carbocycles. The third-order valence-electron chi connectivity index (χ3n) is 2.75. The topological polar surface area (TPSA) is 46.5 Å². The van der Waals surface area contributed by atoms with Crippen molar-refractivity contribution in [3.8, 4) is 0 Å². The molecule has 1 unspecified atom stereocenters. The Morgan fingerprint density at radius 3 is 2.56 bits per heavy atom. The summed E-state index contributed by atoms with van der Waals surface area (Å²) in [5, 5.41) is 10.2. The summed E-state index contributed by atoms with van der Waals surface area (Å²) in [4.78, 5) is 11.6. The number of aliphatic hydroxyl groups is 1. The molecule has 0 aromatic heterocycles. The molecule has 0 saturated heterocycles. The van der Waals surface area contributed by atoms with Crippen LogP contribution in [0.25, 0.3) is 0 Å². The molecular weight excluding hydrogens is 204 g/mol. The van der Waals surface area contributed by atoms with Crippen LogP contribution in [0.1, 0.15) is 31.1 Å². The molecule has 0 bridgehead atoms. The van der Waals surface area contributed by atoms with E-state index < -0.39 is 17.5 Å². The summed E-state index contributed by atoms with van der Waals surface area (Å²) in [6, 6.07) is 7.49. The summed E-state index contributed by atoms with van der Waals surface area (Å²) in [6.45, 7) is 5.29. The van der Waals surface area contributed by atoms with Gasteiger partial charge < -0.3 is 9.84 Å². The fraction of sp³-hybridized carbons (Fsp3) is 0.462. The van der Waals surface area contributed by atoms with Crippen LogP contribution in [0, 0.1) is 12.3 Å². The highest BCUT2D eigenvalue weighted by molar-refractivity contribution is 5.76. The van der Waals surface area contributed by atoms with Gasteiger partial charge in [0.2, 0.25) is 0 Å². The quantitative estimate of drug-likeness (QED) is 0.798. The first-order valence-electron chi connectivity index (χ1n) is 5.22. The average Bonchev–Trinajstić information content (AvgIpc) is 2.26.